The fourth-order valence-corrected chi connectivity index (χ4v) is 3.31. The molecule has 0 heterocycles. The van der Waals surface area contributed by atoms with Gasteiger partial charge in [-0.3, -0.25) is 4.21 Å². The summed E-state index contributed by atoms with van der Waals surface area (Å²) < 4.78 is 12.2. The van der Waals surface area contributed by atoms with E-state index in [2.05, 4.69) is 32.6 Å². The van der Waals surface area contributed by atoms with Crippen LogP contribution in [0.3, 0.4) is 0 Å². The highest BCUT2D eigenvalue weighted by molar-refractivity contribution is 7.85. The smallest absolute Gasteiger partial charge is 0.0542 e. The van der Waals surface area contributed by atoms with Crippen LogP contribution in [0.2, 0.25) is 0 Å². The molecule has 0 amide bonds. The predicted octanol–water partition coefficient (Wildman–Crippen LogP) is 3.41. The summed E-state index contributed by atoms with van der Waals surface area (Å²) in [7, 11) is -0.875. The normalized spacial score (nSPS) is 13.4. The lowest BCUT2D eigenvalue weighted by Gasteiger charge is -2.25. The van der Waals surface area contributed by atoms with Gasteiger partial charge in [0, 0.05) is 30.3 Å². The monoisotopic (exact) mass is 281 g/mol. The Morgan fingerprint density at radius 2 is 1.53 bits per heavy atom. The topological polar surface area (TPSA) is 20.3 Å². The number of hydrogen-bond donors (Lipinski definition) is 0. The van der Waals surface area contributed by atoms with Crippen LogP contribution in [0.15, 0.2) is 35.2 Å². The molecule has 3 heteroatoms. The van der Waals surface area contributed by atoms with Crippen LogP contribution in [-0.2, 0) is 10.8 Å². The van der Waals surface area contributed by atoms with Gasteiger partial charge in [-0.15, -0.1) is 0 Å². The Bertz CT molecular complexity index is 366. The summed E-state index contributed by atoms with van der Waals surface area (Å²) in [5.41, 5.74) is 0. The number of benzene rings is 1. The van der Waals surface area contributed by atoms with Gasteiger partial charge in [0.1, 0.15) is 0 Å². The molecule has 0 fully saturated rings. The van der Waals surface area contributed by atoms with Crippen LogP contribution in [0.4, 0.5) is 0 Å². The highest BCUT2D eigenvalue weighted by Gasteiger charge is 2.11. The molecule has 0 radical (unpaired) electrons. The van der Waals surface area contributed by atoms with Crippen LogP contribution in [0.1, 0.15) is 27.7 Å². The van der Waals surface area contributed by atoms with Crippen molar-refractivity contribution in [1.82, 2.24) is 4.90 Å². The Balaban J connectivity index is 2.49. The van der Waals surface area contributed by atoms with E-state index in [4.69, 9.17) is 0 Å². The third-order valence-electron chi connectivity index (χ3n) is 2.85. The van der Waals surface area contributed by atoms with Gasteiger partial charge in [-0.2, -0.15) is 0 Å². The molecule has 0 aliphatic rings. The fraction of sp³-hybridized carbons (Fsp3) is 0.625. The third-order valence-corrected chi connectivity index (χ3v) is 4.20. The van der Waals surface area contributed by atoms with E-state index in [1.165, 1.54) is 0 Å². The zero-order valence-electron chi connectivity index (χ0n) is 12.6. The van der Waals surface area contributed by atoms with E-state index in [-0.39, 0.29) is 0 Å². The van der Waals surface area contributed by atoms with Gasteiger partial charge in [0.25, 0.3) is 0 Å². The van der Waals surface area contributed by atoms with Crippen molar-refractivity contribution in [2.45, 2.75) is 32.6 Å². The minimum absolute atomic E-state index is 0.656. The second-order valence-electron chi connectivity index (χ2n) is 5.91. The average molecular weight is 281 g/mol. The first kappa shape index (κ1) is 16.4. The van der Waals surface area contributed by atoms with Crippen molar-refractivity contribution in [2.24, 2.45) is 11.8 Å². The van der Waals surface area contributed by atoms with Gasteiger partial charge in [0.05, 0.1) is 10.8 Å². The maximum atomic E-state index is 12.2. The molecule has 1 aromatic carbocycles. The molecule has 108 valence electrons. The van der Waals surface area contributed by atoms with Crippen LogP contribution in [-0.4, -0.2) is 34.5 Å². The van der Waals surface area contributed by atoms with Crippen LogP contribution in [0, 0.1) is 11.8 Å². The van der Waals surface area contributed by atoms with Crippen molar-refractivity contribution < 1.29 is 4.21 Å². The van der Waals surface area contributed by atoms with Crippen molar-refractivity contribution in [2.75, 3.05) is 25.4 Å². The number of nitrogens with zero attached hydrogens (tertiary/aromatic N) is 1. The van der Waals surface area contributed by atoms with Crippen molar-refractivity contribution in [3.63, 3.8) is 0 Å². The minimum atomic E-state index is -0.875. The molecule has 1 aromatic rings. The van der Waals surface area contributed by atoms with Crippen molar-refractivity contribution in [1.29, 1.82) is 0 Å². The summed E-state index contributed by atoms with van der Waals surface area (Å²) in [5.74, 6) is 2.04. The van der Waals surface area contributed by atoms with E-state index in [0.29, 0.717) is 11.8 Å². The first-order chi connectivity index (χ1) is 8.99. The van der Waals surface area contributed by atoms with Gasteiger partial charge < -0.3 is 4.90 Å². The van der Waals surface area contributed by atoms with Crippen LogP contribution >= 0.6 is 0 Å². The molecule has 0 aromatic heterocycles. The number of hydrogen-bond acceptors (Lipinski definition) is 2. The van der Waals surface area contributed by atoms with Gasteiger partial charge in [-0.1, -0.05) is 45.9 Å². The molecule has 1 rings (SSSR count). The van der Waals surface area contributed by atoms with Crippen molar-refractivity contribution >= 4 is 10.8 Å². The molecule has 19 heavy (non-hydrogen) atoms. The van der Waals surface area contributed by atoms with E-state index < -0.39 is 10.8 Å². The molecule has 2 nitrogen and oxygen atoms in total. The zero-order chi connectivity index (χ0) is 14.3. The second kappa shape index (κ2) is 8.49. The van der Waals surface area contributed by atoms with E-state index in [1.807, 2.05) is 30.3 Å². The van der Waals surface area contributed by atoms with Gasteiger partial charge in [-0.05, 0) is 24.0 Å². The lowest BCUT2D eigenvalue weighted by atomic mass is 10.1. The molecule has 1 atom stereocenters. The highest BCUT2D eigenvalue weighted by Crippen LogP contribution is 2.08. The first-order valence-corrected chi connectivity index (χ1v) is 8.46. The first-order valence-electron chi connectivity index (χ1n) is 7.14. The second-order valence-corrected chi connectivity index (χ2v) is 7.48. The average Bonchev–Trinajstić information content (AvgIpc) is 2.35. The number of rotatable bonds is 8. The molecule has 0 spiro atoms. The van der Waals surface area contributed by atoms with Crippen molar-refractivity contribution in [3.05, 3.63) is 30.3 Å². The standard InChI is InChI=1S/C16H27NOS/c1-14(2)12-17(13-15(3)4)10-11-19(18)16-8-6-5-7-9-16/h5-9,14-15H,10-13H2,1-4H3. The van der Waals surface area contributed by atoms with E-state index in [1.54, 1.807) is 0 Å². The molecule has 0 N–H and O–H groups in total. The lowest BCUT2D eigenvalue weighted by Crippen LogP contribution is -2.34. The van der Waals surface area contributed by atoms with Gasteiger partial charge in [0.15, 0.2) is 0 Å². The SMILES string of the molecule is CC(C)CN(CCS(=O)c1ccccc1)CC(C)C. The maximum absolute atomic E-state index is 12.2. The maximum Gasteiger partial charge on any atom is 0.0542 e. The summed E-state index contributed by atoms with van der Waals surface area (Å²) in [6.07, 6.45) is 0. The van der Waals surface area contributed by atoms with E-state index in [9.17, 15) is 4.21 Å². The van der Waals surface area contributed by atoms with Gasteiger partial charge in [0.2, 0.25) is 0 Å². The van der Waals surface area contributed by atoms with Crippen LogP contribution in [0.5, 0.6) is 0 Å². The molecule has 0 aliphatic carbocycles. The zero-order valence-corrected chi connectivity index (χ0v) is 13.5. The molecule has 0 bridgehead atoms. The van der Waals surface area contributed by atoms with E-state index in [0.717, 1.165) is 30.3 Å². The Morgan fingerprint density at radius 3 is 2.00 bits per heavy atom. The molecule has 1 unspecified atom stereocenters. The summed E-state index contributed by atoms with van der Waals surface area (Å²) >= 11 is 0. The minimum Gasteiger partial charge on any atom is -0.302 e. The van der Waals surface area contributed by atoms with Crippen LogP contribution in [0.25, 0.3) is 0 Å². The molecular formula is C16H27NOS. The molecule has 0 aliphatic heterocycles. The summed E-state index contributed by atoms with van der Waals surface area (Å²) in [5, 5.41) is 0. The Morgan fingerprint density at radius 1 is 1.00 bits per heavy atom. The lowest BCUT2D eigenvalue weighted by molar-refractivity contribution is 0.231. The van der Waals surface area contributed by atoms with Crippen molar-refractivity contribution in [3.8, 4) is 0 Å². The quantitative estimate of drug-likeness (QED) is 0.728. The van der Waals surface area contributed by atoms with E-state index >= 15 is 0 Å². The van der Waals surface area contributed by atoms with Crippen LogP contribution < -0.4 is 0 Å². The van der Waals surface area contributed by atoms with Gasteiger partial charge >= 0.3 is 0 Å². The molecular weight excluding hydrogens is 254 g/mol. The Labute approximate surface area is 120 Å². The summed E-state index contributed by atoms with van der Waals surface area (Å²) in [4.78, 5) is 3.38. The largest absolute Gasteiger partial charge is 0.302 e. The third kappa shape index (κ3) is 6.88. The summed E-state index contributed by atoms with van der Waals surface area (Å²) in [6.45, 7) is 12.0. The predicted molar refractivity (Wildman–Crippen MR) is 83.8 cm³/mol. The Kier molecular flexibility index (Phi) is 7.32. The molecule has 0 saturated carbocycles. The highest BCUT2D eigenvalue weighted by atomic mass is 32.2. The summed E-state index contributed by atoms with van der Waals surface area (Å²) in [6, 6.07) is 9.77. The Hall–Kier alpha value is -0.670. The molecule has 0 saturated heterocycles. The fourth-order valence-electron chi connectivity index (χ4n) is 2.19. The van der Waals surface area contributed by atoms with Gasteiger partial charge in [-0.25, -0.2) is 0 Å².